The molecule has 2 aliphatic rings. The van der Waals surface area contributed by atoms with Gasteiger partial charge in [0.2, 0.25) is 5.89 Å². The van der Waals surface area contributed by atoms with Gasteiger partial charge in [0, 0.05) is 12.5 Å². The number of nitrogens with zero attached hydrogens (tertiary/aromatic N) is 3. The molecule has 19 heavy (non-hydrogen) atoms. The number of likely N-dealkylation sites (tertiary alicyclic amines) is 1. The lowest BCUT2D eigenvalue weighted by molar-refractivity contribution is 0.246. The van der Waals surface area contributed by atoms with Crippen LogP contribution in [0, 0.1) is 0 Å². The average Bonchev–Trinajstić information content (AvgIpc) is 3.09. The highest BCUT2D eigenvalue weighted by molar-refractivity contribution is 4.97. The fourth-order valence-corrected chi connectivity index (χ4v) is 3.31. The number of hydrogen-bond donors (Lipinski definition) is 1. The van der Waals surface area contributed by atoms with Crippen LogP contribution >= 0.6 is 0 Å². The molecule has 5 nitrogen and oxygen atoms in total. The molecular weight excluding hydrogens is 240 g/mol. The van der Waals surface area contributed by atoms with Gasteiger partial charge in [-0.1, -0.05) is 18.5 Å². The van der Waals surface area contributed by atoms with Crippen LogP contribution in [0.15, 0.2) is 4.52 Å². The van der Waals surface area contributed by atoms with Gasteiger partial charge in [0.25, 0.3) is 0 Å². The second-order valence-corrected chi connectivity index (χ2v) is 5.68. The van der Waals surface area contributed by atoms with Crippen LogP contribution < -0.4 is 5.32 Å². The molecule has 2 aliphatic heterocycles. The predicted molar refractivity (Wildman–Crippen MR) is 72.9 cm³/mol. The van der Waals surface area contributed by atoms with Crippen LogP contribution in [0.25, 0.3) is 0 Å². The van der Waals surface area contributed by atoms with E-state index < -0.39 is 0 Å². The summed E-state index contributed by atoms with van der Waals surface area (Å²) in [6.07, 6.45) is 7.11. The zero-order chi connectivity index (χ0) is 13.1. The Morgan fingerprint density at radius 1 is 1.32 bits per heavy atom. The van der Waals surface area contributed by atoms with Gasteiger partial charge < -0.3 is 14.7 Å². The molecule has 5 heteroatoms. The van der Waals surface area contributed by atoms with Gasteiger partial charge in [-0.05, 0) is 45.3 Å². The monoisotopic (exact) mass is 264 g/mol. The highest BCUT2D eigenvalue weighted by Crippen LogP contribution is 2.23. The third-order valence-corrected chi connectivity index (χ3v) is 4.42. The Bertz CT molecular complexity index is 400. The first-order valence-electron chi connectivity index (χ1n) is 7.66. The number of hydrogen-bond acceptors (Lipinski definition) is 5. The molecule has 2 atom stereocenters. The summed E-state index contributed by atoms with van der Waals surface area (Å²) in [5, 5.41) is 7.63. The van der Waals surface area contributed by atoms with E-state index in [2.05, 4.69) is 27.3 Å². The van der Waals surface area contributed by atoms with Crippen molar-refractivity contribution in [2.45, 2.75) is 57.5 Å². The van der Waals surface area contributed by atoms with Gasteiger partial charge in [-0.15, -0.1) is 0 Å². The molecule has 0 aliphatic carbocycles. The van der Waals surface area contributed by atoms with Crippen LogP contribution in [-0.2, 0) is 6.42 Å². The molecule has 2 unspecified atom stereocenters. The second-order valence-electron chi connectivity index (χ2n) is 5.68. The molecule has 2 fully saturated rings. The van der Waals surface area contributed by atoms with Crippen molar-refractivity contribution in [3.63, 3.8) is 0 Å². The summed E-state index contributed by atoms with van der Waals surface area (Å²) in [5.74, 6) is 1.67. The van der Waals surface area contributed by atoms with Crippen molar-refractivity contribution in [3.8, 4) is 0 Å². The molecule has 1 aromatic heterocycles. The van der Waals surface area contributed by atoms with Crippen molar-refractivity contribution in [2.24, 2.45) is 0 Å². The third kappa shape index (κ3) is 2.98. The Balaban J connectivity index is 1.61. The fraction of sp³-hybridized carbons (Fsp3) is 0.857. The zero-order valence-electron chi connectivity index (χ0n) is 11.8. The topological polar surface area (TPSA) is 54.2 Å². The van der Waals surface area contributed by atoms with Crippen LogP contribution in [0.1, 0.15) is 56.8 Å². The van der Waals surface area contributed by atoms with Crippen molar-refractivity contribution in [3.05, 3.63) is 11.7 Å². The highest BCUT2D eigenvalue weighted by Gasteiger charge is 2.26. The molecule has 0 saturated carbocycles. The summed E-state index contributed by atoms with van der Waals surface area (Å²) >= 11 is 0. The van der Waals surface area contributed by atoms with Crippen molar-refractivity contribution in [1.82, 2.24) is 20.4 Å². The van der Waals surface area contributed by atoms with Crippen molar-refractivity contribution in [2.75, 3.05) is 19.6 Å². The van der Waals surface area contributed by atoms with Crippen molar-refractivity contribution < 1.29 is 4.52 Å². The molecule has 1 aromatic rings. The number of piperidine rings is 1. The molecule has 0 spiro atoms. The fourth-order valence-electron chi connectivity index (χ4n) is 3.31. The minimum atomic E-state index is 0.303. The minimum Gasteiger partial charge on any atom is -0.339 e. The first-order valence-corrected chi connectivity index (χ1v) is 7.66. The largest absolute Gasteiger partial charge is 0.339 e. The minimum absolute atomic E-state index is 0.303. The van der Waals surface area contributed by atoms with E-state index in [1.165, 1.54) is 32.2 Å². The Kier molecular flexibility index (Phi) is 4.13. The standard InChI is InChI=1S/C14H24N4O/c1-2-18-9-5-6-11(18)10-13-16-14(17-19-13)12-7-3-4-8-15-12/h11-12,15H,2-10H2,1H3. The quantitative estimate of drug-likeness (QED) is 0.900. The summed E-state index contributed by atoms with van der Waals surface area (Å²) in [6.45, 7) is 5.63. The third-order valence-electron chi connectivity index (χ3n) is 4.42. The summed E-state index contributed by atoms with van der Waals surface area (Å²) in [4.78, 5) is 7.12. The Labute approximate surface area is 114 Å². The molecule has 106 valence electrons. The van der Waals surface area contributed by atoms with Crippen LogP contribution in [0.4, 0.5) is 0 Å². The van der Waals surface area contributed by atoms with Gasteiger partial charge in [-0.2, -0.15) is 4.98 Å². The van der Waals surface area contributed by atoms with E-state index in [0.717, 1.165) is 37.6 Å². The molecule has 3 heterocycles. The average molecular weight is 264 g/mol. The maximum absolute atomic E-state index is 5.44. The van der Waals surface area contributed by atoms with E-state index >= 15 is 0 Å². The number of aromatic nitrogens is 2. The van der Waals surface area contributed by atoms with Crippen LogP contribution in [0.5, 0.6) is 0 Å². The highest BCUT2D eigenvalue weighted by atomic mass is 16.5. The Hall–Kier alpha value is -0.940. The molecule has 0 radical (unpaired) electrons. The lowest BCUT2D eigenvalue weighted by Crippen LogP contribution is -2.31. The molecule has 0 amide bonds. The number of likely N-dealkylation sites (N-methyl/N-ethyl adjacent to an activating group) is 1. The Morgan fingerprint density at radius 2 is 2.26 bits per heavy atom. The van der Waals surface area contributed by atoms with Crippen LogP contribution in [-0.4, -0.2) is 40.7 Å². The summed E-state index contributed by atoms with van der Waals surface area (Å²) in [6, 6.07) is 0.898. The smallest absolute Gasteiger partial charge is 0.228 e. The lowest BCUT2D eigenvalue weighted by Gasteiger charge is -2.21. The first-order chi connectivity index (χ1) is 9.36. The SMILES string of the molecule is CCN1CCCC1Cc1nc(C2CCCCN2)no1. The predicted octanol–water partition coefficient (Wildman–Crippen LogP) is 1.91. The van der Waals surface area contributed by atoms with Gasteiger partial charge >= 0.3 is 0 Å². The summed E-state index contributed by atoms with van der Waals surface area (Å²) < 4.78 is 5.44. The van der Waals surface area contributed by atoms with Gasteiger partial charge in [0.1, 0.15) is 0 Å². The van der Waals surface area contributed by atoms with E-state index in [-0.39, 0.29) is 0 Å². The van der Waals surface area contributed by atoms with Gasteiger partial charge in [0.15, 0.2) is 5.82 Å². The van der Waals surface area contributed by atoms with E-state index in [4.69, 9.17) is 4.52 Å². The molecule has 0 aromatic carbocycles. The molecule has 2 saturated heterocycles. The molecule has 0 bridgehead atoms. The van der Waals surface area contributed by atoms with Crippen molar-refractivity contribution >= 4 is 0 Å². The maximum atomic E-state index is 5.44. The lowest BCUT2D eigenvalue weighted by atomic mass is 10.0. The van der Waals surface area contributed by atoms with Crippen molar-refractivity contribution in [1.29, 1.82) is 0 Å². The van der Waals surface area contributed by atoms with Gasteiger partial charge in [-0.3, -0.25) is 0 Å². The van der Waals surface area contributed by atoms with E-state index in [1.807, 2.05) is 0 Å². The normalized spacial score (nSPS) is 28.9. The number of nitrogens with one attached hydrogen (secondary N) is 1. The van der Waals surface area contributed by atoms with Gasteiger partial charge in [-0.25, -0.2) is 0 Å². The molecule has 1 N–H and O–H groups in total. The van der Waals surface area contributed by atoms with E-state index in [1.54, 1.807) is 0 Å². The summed E-state index contributed by atoms with van der Waals surface area (Å²) in [5.41, 5.74) is 0. The maximum Gasteiger partial charge on any atom is 0.228 e. The molecule has 3 rings (SSSR count). The first kappa shape index (κ1) is 13.1. The van der Waals surface area contributed by atoms with E-state index in [9.17, 15) is 0 Å². The summed E-state index contributed by atoms with van der Waals surface area (Å²) in [7, 11) is 0. The zero-order valence-corrected chi connectivity index (χ0v) is 11.8. The second kappa shape index (κ2) is 6.01. The van der Waals surface area contributed by atoms with E-state index in [0.29, 0.717) is 12.1 Å². The Morgan fingerprint density at radius 3 is 3.05 bits per heavy atom. The number of rotatable bonds is 4. The van der Waals surface area contributed by atoms with Crippen LogP contribution in [0.3, 0.4) is 0 Å². The molecular formula is C14H24N4O. The van der Waals surface area contributed by atoms with Crippen LogP contribution in [0.2, 0.25) is 0 Å². The van der Waals surface area contributed by atoms with Gasteiger partial charge in [0.05, 0.1) is 6.04 Å².